The van der Waals surface area contributed by atoms with Gasteiger partial charge in [-0.3, -0.25) is 18.5 Å². The number of rotatable bonds is 4. The van der Waals surface area contributed by atoms with E-state index in [9.17, 15) is 9.59 Å². The van der Waals surface area contributed by atoms with Crippen molar-refractivity contribution in [3.8, 4) is 5.69 Å². The number of aromatic nitrogens is 4. The van der Waals surface area contributed by atoms with E-state index < -0.39 is 0 Å². The van der Waals surface area contributed by atoms with Gasteiger partial charge in [0.25, 0.3) is 5.56 Å². The fourth-order valence-corrected chi connectivity index (χ4v) is 3.70. The van der Waals surface area contributed by atoms with Crippen LogP contribution in [0.15, 0.2) is 33.9 Å². The first-order chi connectivity index (χ1) is 13.5. The third-order valence-corrected chi connectivity index (χ3v) is 5.17. The molecule has 1 N–H and O–H groups in total. The molecule has 0 spiro atoms. The van der Waals surface area contributed by atoms with Crippen molar-refractivity contribution < 1.29 is 4.74 Å². The molecule has 0 atom stereocenters. The molecule has 148 valence electrons. The summed E-state index contributed by atoms with van der Waals surface area (Å²) in [6, 6.07) is 7.79. The Bertz CT molecular complexity index is 1140. The van der Waals surface area contributed by atoms with Crippen molar-refractivity contribution in [1.29, 1.82) is 0 Å². The molecular formula is C19H24N6O3. The Morgan fingerprint density at radius 1 is 1.11 bits per heavy atom. The van der Waals surface area contributed by atoms with Crippen molar-refractivity contribution >= 4 is 17.1 Å². The molecule has 3 heterocycles. The van der Waals surface area contributed by atoms with Crippen molar-refractivity contribution in [3.05, 3.63) is 50.7 Å². The van der Waals surface area contributed by atoms with Crippen LogP contribution in [0.5, 0.6) is 0 Å². The predicted octanol–water partition coefficient (Wildman–Crippen LogP) is -0.0211. The van der Waals surface area contributed by atoms with Gasteiger partial charge in [-0.25, -0.2) is 4.79 Å². The van der Waals surface area contributed by atoms with Crippen LogP contribution in [-0.2, 0) is 25.4 Å². The summed E-state index contributed by atoms with van der Waals surface area (Å²) in [6.07, 6.45) is 0. The second-order valence-electron chi connectivity index (χ2n) is 6.92. The smallest absolute Gasteiger partial charge is 0.332 e. The molecule has 0 saturated carbocycles. The zero-order valence-electron chi connectivity index (χ0n) is 16.3. The van der Waals surface area contributed by atoms with Gasteiger partial charge in [0.05, 0.1) is 12.3 Å². The molecule has 2 aromatic heterocycles. The molecule has 0 radical (unpaired) electrons. The molecule has 28 heavy (non-hydrogen) atoms. The Labute approximate surface area is 161 Å². The second-order valence-corrected chi connectivity index (χ2v) is 6.92. The molecule has 4 rings (SSSR count). The molecule has 3 aromatic rings. The lowest BCUT2D eigenvalue weighted by atomic mass is 10.2. The summed E-state index contributed by atoms with van der Waals surface area (Å²) < 4.78 is 9.79. The van der Waals surface area contributed by atoms with Crippen LogP contribution in [0.3, 0.4) is 0 Å². The molecule has 1 aliphatic rings. The van der Waals surface area contributed by atoms with Crippen LogP contribution in [-0.4, -0.2) is 52.0 Å². The van der Waals surface area contributed by atoms with Crippen LogP contribution in [0.25, 0.3) is 16.9 Å². The molecule has 1 saturated heterocycles. The lowest BCUT2D eigenvalue weighted by Gasteiger charge is -2.29. The van der Waals surface area contributed by atoms with E-state index >= 15 is 0 Å². The highest BCUT2D eigenvalue weighted by molar-refractivity contribution is 5.78. The Morgan fingerprint density at radius 2 is 1.82 bits per heavy atom. The fraction of sp³-hybridized carbons (Fsp3) is 0.421. The van der Waals surface area contributed by atoms with E-state index in [2.05, 4.69) is 10.2 Å². The van der Waals surface area contributed by atoms with E-state index in [-0.39, 0.29) is 11.2 Å². The van der Waals surface area contributed by atoms with Crippen LogP contribution >= 0.6 is 0 Å². The number of ether oxygens (including phenoxy) is 1. The summed E-state index contributed by atoms with van der Waals surface area (Å²) in [5.74, 6) is 0.665. The van der Waals surface area contributed by atoms with E-state index in [1.165, 1.54) is 11.6 Å². The van der Waals surface area contributed by atoms with Crippen LogP contribution in [0.4, 0.5) is 5.95 Å². The van der Waals surface area contributed by atoms with Gasteiger partial charge in [-0.05, 0) is 6.07 Å². The molecule has 1 aliphatic heterocycles. The fourth-order valence-electron chi connectivity index (χ4n) is 3.70. The maximum atomic E-state index is 13.1. The number of para-hydroxylation sites is 1. The van der Waals surface area contributed by atoms with E-state index in [1.807, 2.05) is 28.8 Å². The zero-order valence-corrected chi connectivity index (χ0v) is 16.3. The van der Waals surface area contributed by atoms with Crippen molar-refractivity contribution in [1.82, 2.24) is 24.0 Å². The van der Waals surface area contributed by atoms with Gasteiger partial charge in [0.1, 0.15) is 0 Å². The molecule has 9 heteroatoms. The van der Waals surface area contributed by atoms with Gasteiger partial charge in [-0.2, -0.15) is 4.98 Å². The molecule has 0 aliphatic carbocycles. The first-order valence-corrected chi connectivity index (χ1v) is 9.26. The van der Waals surface area contributed by atoms with Gasteiger partial charge in [-0.1, -0.05) is 18.2 Å². The number of methoxy groups -OCH3 is 1. The summed E-state index contributed by atoms with van der Waals surface area (Å²) in [6.45, 7) is 3.61. The third-order valence-electron chi connectivity index (χ3n) is 5.17. The van der Waals surface area contributed by atoms with Gasteiger partial charge in [-0.15, -0.1) is 0 Å². The van der Waals surface area contributed by atoms with Gasteiger partial charge >= 0.3 is 5.69 Å². The van der Waals surface area contributed by atoms with Gasteiger partial charge < -0.3 is 15.0 Å². The summed E-state index contributed by atoms with van der Waals surface area (Å²) in [4.78, 5) is 32.4. The number of fused-ring (bicyclic) bond motifs is 1. The number of nitrogens with one attached hydrogen (secondary N) is 1. The summed E-state index contributed by atoms with van der Waals surface area (Å²) in [7, 11) is 4.78. The largest absolute Gasteiger partial charge is 0.380 e. The summed E-state index contributed by atoms with van der Waals surface area (Å²) in [5.41, 5.74) is 1.79. The Morgan fingerprint density at radius 3 is 2.54 bits per heavy atom. The number of hydrogen-bond acceptors (Lipinski definition) is 6. The standard InChI is InChI=1S/C19H24N6O3/c1-22-16-15(17(26)23(2)19(22)27)25(14-7-5-4-6-13(14)12-28-3)18(21-16)24-10-8-20-9-11-24/h4-7,20H,8-12H2,1-3H3. The highest BCUT2D eigenvalue weighted by atomic mass is 16.5. The second kappa shape index (κ2) is 7.25. The monoisotopic (exact) mass is 384 g/mol. The van der Waals surface area contributed by atoms with E-state index in [1.54, 1.807) is 14.2 Å². The van der Waals surface area contributed by atoms with Crippen LogP contribution < -0.4 is 21.5 Å². The number of piperazine rings is 1. The topological polar surface area (TPSA) is 86.3 Å². The van der Waals surface area contributed by atoms with E-state index in [0.717, 1.165) is 42.0 Å². The SMILES string of the molecule is COCc1ccccc1-n1c(N2CCNCC2)nc2c1c(=O)n(C)c(=O)n2C. The molecule has 1 fully saturated rings. The normalized spacial score (nSPS) is 14.8. The minimum atomic E-state index is -0.390. The first kappa shape index (κ1) is 18.5. The summed E-state index contributed by atoms with van der Waals surface area (Å²) in [5, 5.41) is 3.33. The number of benzene rings is 1. The quantitative estimate of drug-likeness (QED) is 0.680. The number of anilines is 1. The highest BCUT2D eigenvalue weighted by Crippen LogP contribution is 2.27. The number of aryl methyl sites for hydroxylation is 1. The number of nitrogens with zero attached hydrogens (tertiary/aromatic N) is 5. The van der Waals surface area contributed by atoms with Crippen molar-refractivity contribution in [2.75, 3.05) is 38.2 Å². The molecule has 9 nitrogen and oxygen atoms in total. The first-order valence-electron chi connectivity index (χ1n) is 9.26. The Kier molecular flexibility index (Phi) is 4.78. The minimum Gasteiger partial charge on any atom is -0.380 e. The Balaban J connectivity index is 2.11. The van der Waals surface area contributed by atoms with Gasteiger partial charge in [0, 0.05) is 52.9 Å². The zero-order chi connectivity index (χ0) is 19.8. The van der Waals surface area contributed by atoms with Crippen molar-refractivity contribution in [2.24, 2.45) is 14.1 Å². The lowest BCUT2D eigenvalue weighted by molar-refractivity contribution is 0.185. The van der Waals surface area contributed by atoms with E-state index in [0.29, 0.717) is 23.7 Å². The average molecular weight is 384 g/mol. The molecule has 0 unspecified atom stereocenters. The average Bonchev–Trinajstić information content (AvgIpc) is 3.12. The van der Waals surface area contributed by atoms with Crippen LogP contribution in [0.2, 0.25) is 0 Å². The maximum absolute atomic E-state index is 13.1. The van der Waals surface area contributed by atoms with Gasteiger partial charge in [0.15, 0.2) is 11.2 Å². The molecular weight excluding hydrogens is 360 g/mol. The lowest BCUT2D eigenvalue weighted by Crippen LogP contribution is -2.44. The number of hydrogen-bond donors (Lipinski definition) is 1. The number of imidazole rings is 1. The maximum Gasteiger partial charge on any atom is 0.332 e. The summed E-state index contributed by atoms with van der Waals surface area (Å²) >= 11 is 0. The van der Waals surface area contributed by atoms with Gasteiger partial charge in [0.2, 0.25) is 5.95 Å². The van der Waals surface area contributed by atoms with E-state index in [4.69, 9.17) is 9.72 Å². The highest BCUT2D eigenvalue weighted by Gasteiger charge is 2.25. The molecule has 0 amide bonds. The van der Waals surface area contributed by atoms with Crippen molar-refractivity contribution in [2.45, 2.75) is 6.61 Å². The predicted molar refractivity (Wildman–Crippen MR) is 107 cm³/mol. The molecule has 1 aromatic carbocycles. The van der Waals surface area contributed by atoms with Crippen LogP contribution in [0.1, 0.15) is 5.56 Å². The minimum absolute atomic E-state index is 0.362. The van der Waals surface area contributed by atoms with Crippen molar-refractivity contribution in [3.63, 3.8) is 0 Å². The third kappa shape index (κ3) is 2.83. The Hall–Kier alpha value is -2.91. The van der Waals surface area contributed by atoms with Crippen LogP contribution in [0, 0.1) is 0 Å². The molecule has 0 bridgehead atoms.